The minimum absolute atomic E-state index is 0.219. The van der Waals surface area contributed by atoms with Crippen molar-refractivity contribution in [3.63, 3.8) is 0 Å². The largest absolute Gasteiger partial charge is 0.310 e. The Bertz CT molecular complexity index is 434. The van der Waals surface area contributed by atoms with Crippen molar-refractivity contribution in [2.45, 2.75) is 51.6 Å². The van der Waals surface area contributed by atoms with Gasteiger partial charge in [-0.3, -0.25) is 10.1 Å². The van der Waals surface area contributed by atoms with Gasteiger partial charge < -0.3 is 5.32 Å². The Hall–Kier alpha value is -1.42. The molecule has 4 nitrogen and oxygen atoms in total. The molecule has 0 aromatic heterocycles. The molecule has 0 saturated heterocycles. The van der Waals surface area contributed by atoms with Gasteiger partial charge in [0.05, 0.1) is 4.92 Å². The zero-order chi connectivity index (χ0) is 13.7. The number of nitro benzene ring substituents is 1. The summed E-state index contributed by atoms with van der Waals surface area (Å²) in [6.45, 7) is 2.90. The monoisotopic (exact) mass is 262 g/mol. The van der Waals surface area contributed by atoms with Gasteiger partial charge in [0.25, 0.3) is 5.69 Å². The van der Waals surface area contributed by atoms with Crippen LogP contribution in [0, 0.1) is 16.0 Å². The first-order valence-corrected chi connectivity index (χ1v) is 7.12. The molecular formula is C15H22N2O2. The third-order valence-corrected chi connectivity index (χ3v) is 4.03. The second-order valence-electron chi connectivity index (χ2n) is 5.58. The molecule has 0 spiro atoms. The Morgan fingerprint density at radius 3 is 2.84 bits per heavy atom. The molecule has 0 amide bonds. The summed E-state index contributed by atoms with van der Waals surface area (Å²) in [4.78, 5) is 10.6. The Balaban J connectivity index is 1.93. The van der Waals surface area contributed by atoms with E-state index in [0.717, 1.165) is 11.5 Å². The number of nitrogens with one attached hydrogen (secondary N) is 1. The van der Waals surface area contributed by atoms with Gasteiger partial charge in [-0.05, 0) is 25.2 Å². The zero-order valence-corrected chi connectivity index (χ0v) is 11.5. The summed E-state index contributed by atoms with van der Waals surface area (Å²) in [5.41, 5.74) is 1.00. The van der Waals surface area contributed by atoms with Crippen LogP contribution in [0.2, 0.25) is 0 Å². The summed E-state index contributed by atoms with van der Waals surface area (Å²) in [6.07, 6.45) is 6.20. The summed E-state index contributed by atoms with van der Waals surface area (Å²) in [6, 6.07) is 7.50. The average molecular weight is 262 g/mol. The number of nitrogens with zero attached hydrogens (tertiary/aromatic N) is 1. The van der Waals surface area contributed by atoms with Crippen molar-refractivity contribution in [1.29, 1.82) is 0 Å². The number of hydrogen-bond acceptors (Lipinski definition) is 3. The Morgan fingerprint density at radius 1 is 1.26 bits per heavy atom. The summed E-state index contributed by atoms with van der Waals surface area (Å²) in [5, 5.41) is 14.4. The van der Waals surface area contributed by atoms with E-state index in [-0.39, 0.29) is 10.6 Å². The zero-order valence-electron chi connectivity index (χ0n) is 11.5. The molecule has 0 aliphatic heterocycles. The van der Waals surface area contributed by atoms with Gasteiger partial charge in [0, 0.05) is 24.2 Å². The molecule has 1 aliphatic rings. The van der Waals surface area contributed by atoms with E-state index in [9.17, 15) is 10.1 Å². The number of hydrogen-bond donors (Lipinski definition) is 1. The van der Waals surface area contributed by atoms with Crippen molar-refractivity contribution < 1.29 is 4.92 Å². The van der Waals surface area contributed by atoms with E-state index in [1.165, 1.54) is 32.1 Å². The van der Waals surface area contributed by atoms with Gasteiger partial charge >= 0.3 is 0 Å². The fourth-order valence-electron chi connectivity index (χ4n) is 2.78. The first-order chi connectivity index (χ1) is 9.16. The highest BCUT2D eigenvalue weighted by atomic mass is 16.6. The van der Waals surface area contributed by atoms with E-state index < -0.39 is 0 Å². The molecule has 0 heterocycles. The first-order valence-electron chi connectivity index (χ1n) is 7.12. The van der Waals surface area contributed by atoms with E-state index >= 15 is 0 Å². The molecule has 1 aromatic rings. The van der Waals surface area contributed by atoms with Crippen LogP contribution in [0.5, 0.6) is 0 Å². The van der Waals surface area contributed by atoms with Crippen LogP contribution in [0.1, 0.15) is 44.6 Å². The Labute approximate surface area is 114 Å². The van der Waals surface area contributed by atoms with Gasteiger partial charge in [0.15, 0.2) is 0 Å². The molecule has 4 heteroatoms. The number of benzene rings is 1. The SMILES string of the molecule is CC1CCCC(NCc2ccccc2[N+](=O)[O-])CC1. The second kappa shape index (κ2) is 6.66. The molecule has 0 radical (unpaired) electrons. The van der Waals surface area contributed by atoms with Crippen LogP contribution in [0.25, 0.3) is 0 Å². The van der Waals surface area contributed by atoms with E-state index in [1.54, 1.807) is 12.1 Å². The lowest BCUT2D eigenvalue weighted by Gasteiger charge is -2.16. The fraction of sp³-hybridized carbons (Fsp3) is 0.600. The van der Waals surface area contributed by atoms with Gasteiger partial charge in [-0.25, -0.2) is 0 Å². The third-order valence-electron chi connectivity index (χ3n) is 4.03. The van der Waals surface area contributed by atoms with Crippen LogP contribution in [0.3, 0.4) is 0 Å². The molecule has 2 atom stereocenters. The van der Waals surface area contributed by atoms with Gasteiger partial charge in [-0.2, -0.15) is 0 Å². The molecular weight excluding hydrogens is 240 g/mol. The van der Waals surface area contributed by atoms with Gasteiger partial charge in [0.2, 0.25) is 0 Å². The predicted octanol–water partition coefficient (Wildman–Crippen LogP) is 3.65. The minimum Gasteiger partial charge on any atom is -0.310 e. The average Bonchev–Trinajstić information content (AvgIpc) is 2.61. The van der Waals surface area contributed by atoms with Crippen LogP contribution in [-0.4, -0.2) is 11.0 Å². The van der Waals surface area contributed by atoms with Crippen molar-refractivity contribution >= 4 is 5.69 Å². The van der Waals surface area contributed by atoms with Gasteiger partial charge in [-0.15, -0.1) is 0 Å². The summed E-state index contributed by atoms with van der Waals surface area (Å²) in [5.74, 6) is 0.817. The molecule has 0 bridgehead atoms. The van der Waals surface area contributed by atoms with Crippen LogP contribution in [-0.2, 0) is 6.54 Å². The first kappa shape index (κ1) is 14.0. The highest BCUT2D eigenvalue weighted by Crippen LogP contribution is 2.23. The standard InChI is InChI=1S/C15H22N2O2/c1-12-5-4-7-14(10-9-12)16-11-13-6-2-3-8-15(13)17(18)19/h2-3,6,8,12,14,16H,4-5,7,9-11H2,1H3. The molecule has 1 N–H and O–H groups in total. The molecule has 1 fully saturated rings. The maximum Gasteiger partial charge on any atom is 0.273 e. The molecule has 1 aliphatic carbocycles. The van der Waals surface area contributed by atoms with Crippen molar-refractivity contribution in [2.24, 2.45) is 5.92 Å². The summed E-state index contributed by atoms with van der Waals surface area (Å²) < 4.78 is 0. The third kappa shape index (κ3) is 4.03. The summed E-state index contributed by atoms with van der Waals surface area (Å²) >= 11 is 0. The van der Waals surface area contributed by atoms with Crippen molar-refractivity contribution in [2.75, 3.05) is 0 Å². The molecule has 2 rings (SSSR count). The van der Waals surface area contributed by atoms with Crippen molar-refractivity contribution in [3.05, 3.63) is 39.9 Å². The van der Waals surface area contributed by atoms with E-state index in [4.69, 9.17) is 0 Å². The van der Waals surface area contributed by atoms with Gasteiger partial charge in [0.1, 0.15) is 0 Å². The minimum atomic E-state index is -0.299. The van der Waals surface area contributed by atoms with Crippen molar-refractivity contribution in [3.8, 4) is 0 Å². The second-order valence-corrected chi connectivity index (χ2v) is 5.58. The number of para-hydroxylation sites is 1. The van der Waals surface area contributed by atoms with Crippen LogP contribution in [0.15, 0.2) is 24.3 Å². The maximum absolute atomic E-state index is 10.9. The van der Waals surface area contributed by atoms with E-state index in [0.29, 0.717) is 12.6 Å². The lowest BCUT2D eigenvalue weighted by Crippen LogP contribution is -2.28. The molecule has 1 saturated carbocycles. The molecule has 2 unspecified atom stereocenters. The Kier molecular flexibility index (Phi) is 4.91. The van der Waals surface area contributed by atoms with Gasteiger partial charge in [-0.1, -0.05) is 38.0 Å². The smallest absolute Gasteiger partial charge is 0.273 e. The van der Waals surface area contributed by atoms with Crippen molar-refractivity contribution in [1.82, 2.24) is 5.32 Å². The fourth-order valence-corrected chi connectivity index (χ4v) is 2.78. The highest BCUT2D eigenvalue weighted by Gasteiger charge is 2.17. The lowest BCUT2D eigenvalue weighted by atomic mass is 10.0. The molecule has 1 aromatic carbocycles. The van der Waals surface area contributed by atoms with Crippen LogP contribution >= 0.6 is 0 Å². The summed E-state index contributed by atoms with van der Waals surface area (Å²) in [7, 11) is 0. The number of nitro groups is 1. The quantitative estimate of drug-likeness (QED) is 0.512. The predicted molar refractivity (Wildman–Crippen MR) is 76.0 cm³/mol. The van der Waals surface area contributed by atoms with Crippen LogP contribution < -0.4 is 5.32 Å². The normalized spacial score (nSPS) is 23.8. The molecule has 104 valence electrons. The maximum atomic E-state index is 10.9. The van der Waals surface area contributed by atoms with E-state index in [1.807, 2.05) is 12.1 Å². The number of rotatable bonds is 4. The van der Waals surface area contributed by atoms with E-state index in [2.05, 4.69) is 12.2 Å². The lowest BCUT2D eigenvalue weighted by molar-refractivity contribution is -0.385. The highest BCUT2D eigenvalue weighted by molar-refractivity contribution is 5.39. The van der Waals surface area contributed by atoms with Crippen LogP contribution in [0.4, 0.5) is 5.69 Å². The molecule has 19 heavy (non-hydrogen) atoms. The topological polar surface area (TPSA) is 55.2 Å². The Morgan fingerprint density at radius 2 is 2.05 bits per heavy atom.